The lowest BCUT2D eigenvalue weighted by Gasteiger charge is -2.32. The van der Waals surface area contributed by atoms with Gasteiger partial charge in [-0.05, 0) is 32.1 Å². The van der Waals surface area contributed by atoms with Crippen LogP contribution in [0.3, 0.4) is 0 Å². The van der Waals surface area contributed by atoms with Gasteiger partial charge in [0.2, 0.25) is 5.91 Å². The van der Waals surface area contributed by atoms with Gasteiger partial charge in [-0.25, -0.2) is 4.79 Å². The average molecular weight is 256 g/mol. The second kappa shape index (κ2) is 7.24. The van der Waals surface area contributed by atoms with E-state index in [0.717, 1.165) is 25.9 Å². The minimum atomic E-state index is -0.512. The fourth-order valence-corrected chi connectivity index (χ4v) is 2.12. The number of amides is 2. The SMILES string of the molecule is CCOC(=O)N[C@@H](C(=O)N1CCCCC1)C(C)C. The molecule has 1 N–H and O–H groups in total. The minimum absolute atomic E-state index is 0.0118. The smallest absolute Gasteiger partial charge is 0.407 e. The quantitative estimate of drug-likeness (QED) is 0.834. The maximum absolute atomic E-state index is 12.3. The van der Waals surface area contributed by atoms with Crippen molar-refractivity contribution in [2.75, 3.05) is 19.7 Å². The molecule has 0 spiro atoms. The minimum Gasteiger partial charge on any atom is -0.450 e. The van der Waals surface area contributed by atoms with E-state index in [1.54, 1.807) is 6.92 Å². The number of likely N-dealkylation sites (tertiary alicyclic amines) is 1. The fraction of sp³-hybridized carbons (Fsp3) is 0.846. The van der Waals surface area contributed by atoms with Gasteiger partial charge in [-0.1, -0.05) is 13.8 Å². The molecule has 0 aromatic rings. The number of nitrogens with one attached hydrogen (secondary N) is 1. The van der Waals surface area contributed by atoms with Crippen molar-refractivity contribution in [1.82, 2.24) is 10.2 Å². The third-order valence-electron chi connectivity index (χ3n) is 3.15. The van der Waals surface area contributed by atoms with Gasteiger partial charge >= 0.3 is 6.09 Å². The molecule has 1 heterocycles. The maximum atomic E-state index is 12.3. The third kappa shape index (κ3) is 4.20. The Bertz CT molecular complexity index is 286. The number of hydrogen-bond acceptors (Lipinski definition) is 3. The van der Waals surface area contributed by atoms with E-state index in [9.17, 15) is 9.59 Å². The summed E-state index contributed by atoms with van der Waals surface area (Å²) in [7, 11) is 0. The molecule has 1 saturated heterocycles. The van der Waals surface area contributed by atoms with Crippen molar-refractivity contribution in [3.63, 3.8) is 0 Å². The van der Waals surface area contributed by atoms with Gasteiger partial charge in [0.1, 0.15) is 6.04 Å². The molecule has 1 fully saturated rings. The predicted octanol–water partition coefficient (Wildman–Crippen LogP) is 1.77. The number of carbonyl (C=O) groups excluding carboxylic acids is 2. The summed E-state index contributed by atoms with van der Waals surface area (Å²) in [5.74, 6) is 0.0709. The highest BCUT2D eigenvalue weighted by Gasteiger charge is 2.29. The topological polar surface area (TPSA) is 58.6 Å². The molecule has 0 aliphatic carbocycles. The second-order valence-electron chi connectivity index (χ2n) is 4.97. The van der Waals surface area contributed by atoms with Crippen molar-refractivity contribution in [3.05, 3.63) is 0 Å². The summed E-state index contributed by atoms with van der Waals surface area (Å²) in [5, 5.41) is 2.66. The molecule has 5 heteroatoms. The van der Waals surface area contributed by atoms with Crippen LogP contribution in [0.1, 0.15) is 40.0 Å². The van der Waals surface area contributed by atoms with Gasteiger partial charge in [0.15, 0.2) is 0 Å². The lowest BCUT2D eigenvalue weighted by molar-refractivity contribution is -0.135. The van der Waals surface area contributed by atoms with Gasteiger partial charge in [-0.3, -0.25) is 4.79 Å². The van der Waals surface area contributed by atoms with Gasteiger partial charge in [0.25, 0.3) is 0 Å². The Kier molecular flexibility index (Phi) is 5.95. The largest absolute Gasteiger partial charge is 0.450 e. The Morgan fingerprint density at radius 2 is 1.83 bits per heavy atom. The van der Waals surface area contributed by atoms with Crippen LogP contribution >= 0.6 is 0 Å². The lowest BCUT2D eigenvalue weighted by Crippen LogP contribution is -2.52. The molecule has 0 aromatic carbocycles. The number of alkyl carbamates (subject to hydrolysis) is 1. The summed E-state index contributed by atoms with van der Waals surface area (Å²) in [4.78, 5) is 25.6. The van der Waals surface area contributed by atoms with Crippen LogP contribution in [0, 0.1) is 5.92 Å². The van der Waals surface area contributed by atoms with Gasteiger partial charge < -0.3 is 15.0 Å². The number of nitrogens with zero attached hydrogens (tertiary/aromatic N) is 1. The first-order valence-electron chi connectivity index (χ1n) is 6.78. The Morgan fingerprint density at radius 3 is 2.33 bits per heavy atom. The van der Waals surface area contributed by atoms with Crippen LogP contribution in [0.4, 0.5) is 4.79 Å². The van der Waals surface area contributed by atoms with E-state index in [0.29, 0.717) is 6.61 Å². The molecule has 0 saturated carbocycles. The summed E-state index contributed by atoms with van der Waals surface area (Å²) >= 11 is 0. The molecule has 2 amide bonds. The summed E-state index contributed by atoms with van der Waals surface area (Å²) in [6, 6.07) is -0.484. The zero-order chi connectivity index (χ0) is 13.5. The zero-order valence-corrected chi connectivity index (χ0v) is 11.6. The number of hydrogen-bond donors (Lipinski definition) is 1. The normalized spacial score (nSPS) is 17.4. The summed E-state index contributed by atoms with van der Waals surface area (Å²) < 4.78 is 4.84. The fourth-order valence-electron chi connectivity index (χ4n) is 2.12. The third-order valence-corrected chi connectivity index (χ3v) is 3.15. The predicted molar refractivity (Wildman–Crippen MR) is 69.2 cm³/mol. The van der Waals surface area contributed by atoms with Crippen LogP contribution in [0.2, 0.25) is 0 Å². The molecule has 18 heavy (non-hydrogen) atoms. The van der Waals surface area contributed by atoms with Crippen molar-refractivity contribution < 1.29 is 14.3 Å². The van der Waals surface area contributed by atoms with Gasteiger partial charge in [-0.15, -0.1) is 0 Å². The van der Waals surface area contributed by atoms with Crippen LogP contribution in [-0.2, 0) is 9.53 Å². The Labute approximate surface area is 109 Å². The first kappa shape index (κ1) is 14.8. The second-order valence-corrected chi connectivity index (χ2v) is 4.97. The standard InChI is InChI=1S/C13H24N2O3/c1-4-18-13(17)14-11(10(2)3)12(16)15-8-6-5-7-9-15/h10-11H,4-9H2,1-3H3,(H,14,17)/t11-/m1/s1. The van der Waals surface area contributed by atoms with E-state index in [4.69, 9.17) is 4.74 Å². The van der Waals surface area contributed by atoms with E-state index in [-0.39, 0.29) is 11.8 Å². The molecule has 1 aliphatic heterocycles. The van der Waals surface area contributed by atoms with Crippen LogP contribution in [0.25, 0.3) is 0 Å². The van der Waals surface area contributed by atoms with E-state index in [1.807, 2.05) is 18.7 Å². The highest BCUT2D eigenvalue weighted by Crippen LogP contribution is 2.13. The Hall–Kier alpha value is -1.26. The molecular weight excluding hydrogens is 232 g/mol. The maximum Gasteiger partial charge on any atom is 0.407 e. The van der Waals surface area contributed by atoms with Crippen molar-refractivity contribution in [1.29, 1.82) is 0 Å². The number of rotatable bonds is 4. The zero-order valence-electron chi connectivity index (χ0n) is 11.6. The first-order chi connectivity index (χ1) is 8.56. The Balaban J connectivity index is 2.59. The molecule has 1 atom stereocenters. The molecule has 104 valence electrons. The Morgan fingerprint density at radius 1 is 1.22 bits per heavy atom. The number of carbonyl (C=O) groups is 2. The van der Waals surface area contributed by atoms with E-state index in [1.165, 1.54) is 6.42 Å². The van der Waals surface area contributed by atoms with Crippen molar-refractivity contribution in [2.45, 2.75) is 46.1 Å². The van der Waals surface area contributed by atoms with E-state index >= 15 is 0 Å². The molecular formula is C13H24N2O3. The number of ether oxygens (including phenoxy) is 1. The van der Waals surface area contributed by atoms with Crippen molar-refractivity contribution >= 4 is 12.0 Å². The molecule has 1 rings (SSSR count). The van der Waals surface area contributed by atoms with Gasteiger partial charge in [-0.2, -0.15) is 0 Å². The van der Waals surface area contributed by atoms with Crippen LogP contribution in [0.15, 0.2) is 0 Å². The monoisotopic (exact) mass is 256 g/mol. The summed E-state index contributed by atoms with van der Waals surface area (Å²) in [6.45, 7) is 7.52. The van der Waals surface area contributed by atoms with E-state index in [2.05, 4.69) is 5.32 Å². The molecule has 1 aliphatic rings. The summed E-state index contributed by atoms with van der Waals surface area (Å²) in [6.07, 6.45) is 2.77. The van der Waals surface area contributed by atoms with Crippen LogP contribution < -0.4 is 5.32 Å². The average Bonchev–Trinajstić information content (AvgIpc) is 2.36. The van der Waals surface area contributed by atoms with Crippen LogP contribution in [-0.4, -0.2) is 42.6 Å². The first-order valence-corrected chi connectivity index (χ1v) is 6.78. The molecule has 0 aromatic heterocycles. The highest BCUT2D eigenvalue weighted by atomic mass is 16.5. The number of piperidine rings is 1. The van der Waals surface area contributed by atoms with Gasteiger partial charge in [0, 0.05) is 13.1 Å². The van der Waals surface area contributed by atoms with Crippen molar-refractivity contribution in [3.8, 4) is 0 Å². The highest BCUT2D eigenvalue weighted by molar-refractivity contribution is 5.86. The van der Waals surface area contributed by atoms with Crippen LogP contribution in [0.5, 0.6) is 0 Å². The van der Waals surface area contributed by atoms with Gasteiger partial charge in [0.05, 0.1) is 6.61 Å². The molecule has 0 radical (unpaired) electrons. The molecule has 0 unspecified atom stereocenters. The van der Waals surface area contributed by atoms with E-state index < -0.39 is 12.1 Å². The molecule has 5 nitrogen and oxygen atoms in total. The van der Waals surface area contributed by atoms with Crippen molar-refractivity contribution in [2.24, 2.45) is 5.92 Å². The lowest BCUT2D eigenvalue weighted by atomic mass is 10.0. The summed E-state index contributed by atoms with van der Waals surface area (Å²) in [5.41, 5.74) is 0. The molecule has 0 bridgehead atoms.